The van der Waals surface area contributed by atoms with Gasteiger partial charge in [-0.25, -0.2) is 0 Å². The second kappa shape index (κ2) is 3.69. The molecule has 0 radical (unpaired) electrons. The Morgan fingerprint density at radius 2 is 1.92 bits per heavy atom. The Morgan fingerprint density at radius 1 is 1.33 bits per heavy atom. The highest BCUT2D eigenvalue weighted by Gasteiger charge is 2.33. The molecule has 0 spiro atoms. The zero-order chi connectivity index (χ0) is 9.35. The molecule has 3 atom stereocenters. The summed E-state index contributed by atoms with van der Waals surface area (Å²) >= 11 is 3.72. The Hall–Kier alpha value is 0.480. The highest BCUT2D eigenvalue weighted by Crippen LogP contribution is 2.43. The Labute approximate surface area is 85.3 Å². The molecule has 12 heavy (non-hydrogen) atoms. The van der Waals surface area contributed by atoms with Crippen LogP contribution < -0.4 is 0 Å². The van der Waals surface area contributed by atoms with Gasteiger partial charge >= 0.3 is 0 Å². The molecule has 3 unspecified atom stereocenters. The van der Waals surface area contributed by atoms with E-state index in [4.69, 9.17) is 0 Å². The van der Waals surface area contributed by atoms with Crippen molar-refractivity contribution in [3.63, 3.8) is 0 Å². The average Bonchev–Trinajstić information content (AvgIpc) is 1.82. The molecule has 0 saturated heterocycles. The summed E-state index contributed by atoms with van der Waals surface area (Å²) < 4.78 is 0. The molecule has 0 aromatic heterocycles. The fourth-order valence-electron chi connectivity index (χ4n) is 2.77. The molecule has 1 heteroatoms. The molecular weight excluding hydrogens is 212 g/mol. The molecule has 1 saturated carbocycles. The van der Waals surface area contributed by atoms with Crippen LogP contribution in [0.1, 0.15) is 47.0 Å². The second-order valence-corrected chi connectivity index (χ2v) is 6.80. The van der Waals surface area contributed by atoms with Crippen molar-refractivity contribution in [2.75, 3.05) is 0 Å². The lowest BCUT2D eigenvalue weighted by atomic mass is 9.67. The van der Waals surface area contributed by atoms with E-state index in [1.807, 2.05) is 0 Å². The summed E-state index contributed by atoms with van der Waals surface area (Å²) in [7, 11) is 0. The van der Waals surface area contributed by atoms with Gasteiger partial charge < -0.3 is 0 Å². The quantitative estimate of drug-likeness (QED) is 0.594. The first-order valence-corrected chi connectivity index (χ1v) is 5.96. The van der Waals surface area contributed by atoms with Crippen LogP contribution in [0.2, 0.25) is 0 Å². The van der Waals surface area contributed by atoms with E-state index in [2.05, 4.69) is 43.6 Å². The van der Waals surface area contributed by atoms with E-state index in [0.717, 1.165) is 11.8 Å². The number of hydrogen-bond donors (Lipinski definition) is 0. The largest absolute Gasteiger partial charge is 0.0891 e. The summed E-state index contributed by atoms with van der Waals surface area (Å²) in [5.41, 5.74) is 0.574. The zero-order valence-corrected chi connectivity index (χ0v) is 10.3. The van der Waals surface area contributed by atoms with E-state index in [9.17, 15) is 0 Å². The van der Waals surface area contributed by atoms with Gasteiger partial charge in [-0.3, -0.25) is 0 Å². The van der Waals surface area contributed by atoms with Gasteiger partial charge in [0.1, 0.15) is 0 Å². The monoisotopic (exact) mass is 232 g/mol. The van der Waals surface area contributed by atoms with Crippen LogP contribution in [0.4, 0.5) is 0 Å². The molecular formula is C11H21Br. The Balaban J connectivity index is 2.58. The topological polar surface area (TPSA) is 0 Å². The molecule has 0 N–H and O–H groups in total. The number of alkyl halides is 1. The van der Waals surface area contributed by atoms with Gasteiger partial charge in [0.15, 0.2) is 0 Å². The van der Waals surface area contributed by atoms with Gasteiger partial charge in [-0.1, -0.05) is 43.6 Å². The summed E-state index contributed by atoms with van der Waals surface area (Å²) in [6.45, 7) is 9.50. The SMILES string of the molecule is CC1CC(C(C)Br)CC(C)(C)C1. The third-order valence-corrected chi connectivity index (χ3v) is 3.82. The molecule has 0 bridgehead atoms. The highest BCUT2D eigenvalue weighted by atomic mass is 79.9. The van der Waals surface area contributed by atoms with Crippen LogP contribution in [-0.4, -0.2) is 4.83 Å². The predicted molar refractivity (Wildman–Crippen MR) is 58.7 cm³/mol. The summed E-state index contributed by atoms with van der Waals surface area (Å²) in [5, 5.41) is 0. The Bertz CT molecular complexity index is 149. The maximum atomic E-state index is 3.72. The standard InChI is InChI=1S/C11H21Br/c1-8-5-10(9(2)12)7-11(3,4)6-8/h8-10H,5-7H2,1-4H3. The van der Waals surface area contributed by atoms with Crippen molar-refractivity contribution >= 4 is 15.9 Å². The normalized spacial score (nSPS) is 37.8. The van der Waals surface area contributed by atoms with Gasteiger partial charge in [-0.15, -0.1) is 0 Å². The first-order chi connectivity index (χ1) is 5.41. The smallest absolute Gasteiger partial charge is 0.0146 e. The van der Waals surface area contributed by atoms with Crippen molar-refractivity contribution < 1.29 is 0 Å². The molecule has 1 fully saturated rings. The van der Waals surface area contributed by atoms with Crippen molar-refractivity contribution in [2.45, 2.75) is 51.8 Å². The summed E-state index contributed by atoms with van der Waals surface area (Å²) in [5.74, 6) is 1.81. The first kappa shape index (κ1) is 10.6. The fourth-order valence-corrected chi connectivity index (χ4v) is 3.17. The van der Waals surface area contributed by atoms with Gasteiger partial charge in [0.2, 0.25) is 0 Å². The van der Waals surface area contributed by atoms with Crippen molar-refractivity contribution in [3.8, 4) is 0 Å². The average molecular weight is 233 g/mol. The van der Waals surface area contributed by atoms with Crippen LogP contribution in [0, 0.1) is 17.3 Å². The minimum atomic E-state index is 0.574. The van der Waals surface area contributed by atoms with Gasteiger partial charge in [0.05, 0.1) is 0 Å². The Kier molecular flexibility index (Phi) is 3.25. The summed E-state index contributed by atoms with van der Waals surface area (Å²) in [4.78, 5) is 0.694. The minimum absolute atomic E-state index is 0.574. The lowest BCUT2D eigenvalue weighted by Gasteiger charge is -2.40. The van der Waals surface area contributed by atoms with E-state index in [1.54, 1.807) is 0 Å². The third-order valence-electron chi connectivity index (χ3n) is 3.07. The second-order valence-electron chi connectivity index (χ2n) is 5.35. The lowest BCUT2D eigenvalue weighted by Crippen LogP contribution is -2.30. The van der Waals surface area contributed by atoms with E-state index in [0.29, 0.717) is 10.2 Å². The van der Waals surface area contributed by atoms with Crippen LogP contribution in [0.25, 0.3) is 0 Å². The van der Waals surface area contributed by atoms with Crippen molar-refractivity contribution in [3.05, 3.63) is 0 Å². The lowest BCUT2D eigenvalue weighted by molar-refractivity contribution is 0.134. The van der Waals surface area contributed by atoms with Gasteiger partial charge in [-0.05, 0) is 36.5 Å². The maximum absolute atomic E-state index is 3.72. The molecule has 0 heterocycles. The van der Waals surface area contributed by atoms with Crippen LogP contribution >= 0.6 is 15.9 Å². The molecule has 0 aliphatic heterocycles. The van der Waals surface area contributed by atoms with Crippen LogP contribution in [0.15, 0.2) is 0 Å². The van der Waals surface area contributed by atoms with E-state index in [1.165, 1.54) is 19.3 Å². The van der Waals surface area contributed by atoms with E-state index >= 15 is 0 Å². The van der Waals surface area contributed by atoms with Gasteiger partial charge in [0.25, 0.3) is 0 Å². The molecule has 1 aliphatic carbocycles. The molecule has 0 aromatic carbocycles. The predicted octanol–water partition coefficient (Wildman–Crippen LogP) is 4.23. The number of halogens is 1. The van der Waals surface area contributed by atoms with E-state index < -0.39 is 0 Å². The van der Waals surface area contributed by atoms with Crippen molar-refractivity contribution in [2.24, 2.45) is 17.3 Å². The van der Waals surface area contributed by atoms with Gasteiger partial charge in [-0.2, -0.15) is 0 Å². The minimum Gasteiger partial charge on any atom is -0.0891 e. The molecule has 1 rings (SSSR count). The Morgan fingerprint density at radius 3 is 2.33 bits per heavy atom. The van der Waals surface area contributed by atoms with Crippen molar-refractivity contribution in [1.29, 1.82) is 0 Å². The number of hydrogen-bond acceptors (Lipinski definition) is 0. The van der Waals surface area contributed by atoms with Crippen LogP contribution in [0.3, 0.4) is 0 Å². The molecule has 72 valence electrons. The maximum Gasteiger partial charge on any atom is 0.0146 e. The zero-order valence-electron chi connectivity index (χ0n) is 8.73. The van der Waals surface area contributed by atoms with E-state index in [-0.39, 0.29) is 0 Å². The highest BCUT2D eigenvalue weighted by molar-refractivity contribution is 9.09. The fraction of sp³-hybridized carbons (Fsp3) is 1.00. The first-order valence-electron chi connectivity index (χ1n) is 5.05. The molecule has 1 aliphatic rings. The molecule has 0 amide bonds. The number of rotatable bonds is 1. The third kappa shape index (κ3) is 2.76. The van der Waals surface area contributed by atoms with Crippen LogP contribution in [-0.2, 0) is 0 Å². The summed E-state index contributed by atoms with van der Waals surface area (Å²) in [6, 6.07) is 0. The van der Waals surface area contributed by atoms with Crippen molar-refractivity contribution in [1.82, 2.24) is 0 Å². The molecule has 0 aromatic rings. The van der Waals surface area contributed by atoms with Gasteiger partial charge in [0, 0.05) is 4.83 Å². The van der Waals surface area contributed by atoms with Crippen LogP contribution in [0.5, 0.6) is 0 Å². The summed E-state index contributed by atoms with van der Waals surface area (Å²) in [6.07, 6.45) is 4.21. The molecule has 0 nitrogen and oxygen atoms in total.